The molecule has 2 aromatic heterocycles. The van der Waals surface area contributed by atoms with Gasteiger partial charge in [-0.2, -0.15) is 4.98 Å². The minimum absolute atomic E-state index is 0.632. The summed E-state index contributed by atoms with van der Waals surface area (Å²) in [6.45, 7) is 0. The molecule has 3 aromatic rings. The molecule has 0 aliphatic carbocycles. The first-order valence-corrected chi connectivity index (χ1v) is 7.80. The van der Waals surface area contributed by atoms with Crippen LogP contribution in [0.1, 0.15) is 11.5 Å². The van der Waals surface area contributed by atoms with Crippen LogP contribution >= 0.6 is 27.3 Å². The molecule has 0 unspecified atom stereocenters. The zero-order chi connectivity index (χ0) is 13.9. The van der Waals surface area contributed by atoms with E-state index in [4.69, 9.17) is 10.3 Å². The molecule has 2 N–H and O–H groups in total. The second kappa shape index (κ2) is 5.76. The van der Waals surface area contributed by atoms with E-state index in [2.05, 4.69) is 26.1 Å². The molecule has 0 bridgehead atoms. The van der Waals surface area contributed by atoms with E-state index in [1.165, 1.54) is 0 Å². The average molecular weight is 350 g/mol. The molecule has 20 heavy (non-hydrogen) atoms. The first-order valence-electron chi connectivity index (χ1n) is 6.13. The molecule has 0 aliphatic heterocycles. The fourth-order valence-corrected chi connectivity index (χ4v) is 3.24. The third kappa shape index (κ3) is 2.91. The monoisotopic (exact) mass is 349 g/mol. The molecule has 0 saturated carbocycles. The quantitative estimate of drug-likeness (QED) is 0.724. The van der Waals surface area contributed by atoms with Crippen molar-refractivity contribution in [1.29, 1.82) is 0 Å². The van der Waals surface area contributed by atoms with Crippen LogP contribution in [0.25, 0.3) is 10.7 Å². The van der Waals surface area contributed by atoms with Crippen molar-refractivity contribution < 1.29 is 4.52 Å². The van der Waals surface area contributed by atoms with Gasteiger partial charge in [-0.05, 0) is 40.0 Å². The maximum absolute atomic E-state index is 5.91. The van der Waals surface area contributed by atoms with E-state index in [-0.39, 0.29) is 0 Å². The van der Waals surface area contributed by atoms with Gasteiger partial charge in [0.15, 0.2) is 0 Å². The Balaban J connectivity index is 1.70. The minimum atomic E-state index is 0.632. The maximum atomic E-state index is 5.91. The number of benzene rings is 1. The number of thiophene rings is 1. The number of hydrogen-bond donors (Lipinski definition) is 1. The van der Waals surface area contributed by atoms with Gasteiger partial charge in [0.25, 0.3) is 0 Å². The van der Waals surface area contributed by atoms with E-state index in [0.717, 1.165) is 27.0 Å². The lowest BCUT2D eigenvalue weighted by Gasteiger charge is -2.02. The highest BCUT2D eigenvalue weighted by molar-refractivity contribution is 9.10. The van der Waals surface area contributed by atoms with E-state index in [0.29, 0.717) is 18.1 Å². The molecule has 3 rings (SSSR count). The predicted molar refractivity (Wildman–Crippen MR) is 83.6 cm³/mol. The topological polar surface area (TPSA) is 64.9 Å². The molecule has 6 heteroatoms. The average Bonchev–Trinajstić information content (AvgIpc) is 3.06. The first-order chi connectivity index (χ1) is 9.72. The second-order valence-electron chi connectivity index (χ2n) is 4.34. The summed E-state index contributed by atoms with van der Waals surface area (Å²) in [5, 5.41) is 6.00. The Morgan fingerprint density at radius 3 is 2.85 bits per heavy atom. The van der Waals surface area contributed by atoms with Crippen molar-refractivity contribution in [2.45, 2.75) is 12.8 Å². The third-order valence-electron chi connectivity index (χ3n) is 2.92. The number of halogens is 1. The number of rotatable bonds is 4. The van der Waals surface area contributed by atoms with E-state index in [9.17, 15) is 0 Å². The summed E-state index contributed by atoms with van der Waals surface area (Å²) in [4.78, 5) is 5.40. The lowest BCUT2D eigenvalue weighted by atomic mass is 10.1. The van der Waals surface area contributed by atoms with Crippen LogP contribution in [0.2, 0.25) is 0 Å². The van der Waals surface area contributed by atoms with Crippen LogP contribution in [0.3, 0.4) is 0 Å². The Hall–Kier alpha value is -1.66. The first kappa shape index (κ1) is 13.3. The van der Waals surface area contributed by atoms with Gasteiger partial charge in [0, 0.05) is 22.0 Å². The van der Waals surface area contributed by atoms with Gasteiger partial charge in [-0.3, -0.25) is 0 Å². The van der Waals surface area contributed by atoms with Crippen molar-refractivity contribution in [2.75, 3.05) is 5.73 Å². The smallest absolute Gasteiger partial charge is 0.227 e. The van der Waals surface area contributed by atoms with Gasteiger partial charge in [0.05, 0.1) is 4.88 Å². The lowest BCUT2D eigenvalue weighted by molar-refractivity contribution is 0.379. The zero-order valence-corrected chi connectivity index (χ0v) is 12.9. The van der Waals surface area contributed by atoms with Gasteiger partial charge in [-0.25, -0.2) is 0 Å². The Morgan fingerprint density at radius 1 is 1.25 bits per heavy atom. The number of hydrogen-bond acceptors (Lipinski definition) is 5. The minimum Gasteiger partial charge on any atom is -0.399 e. The SMILES string of the molecule is Nc1ccccc1CCc1nc(-c2cc(Br)cs2)no1. The fraction of sp³-hybridized carbons (Fsp3) is 0.143. The van der Waals surface area contributed by atoms with Crippen LogP contribution in [-0.2, 0) is 12.8 Å². The van der Waals surface area contributed by atoms with Gasteiger partial charge in [0.2, 0.25) is 11.7 Å². The number of nitrogens with zero attached hydrogens (tertiary/aromatic N) is 2. The number of aromatic nitrogens is 2. The molecular weight excluding hydrogens is 338 g/mol. The summed E-state index contributed by atoms with van der Waals surface area (Å²) >= 11 is 5.00. The van der Waals surface area contributed by atoms with Crippen molar-refractivity contribution in [1.82, 2.24) is 10.1 Å². The number of anilines is 1. The van der Waals surface area contributed by atoms with Crippen LogP contribution in [0, 0.1) is 0 Å². The van der Waals surface area contributed by atoms with Crippen molar-refractivity contribution >= 4 is 33.0 Å². The summed E-state index contributed by atoms with van der Waals surface area (Å²) < 4.78 is 6.31. The number of nitrogens with two attached hydrogens (primary N) is 1. The molecule has 0 atom stereocenters. The van der Waals surface area contributed by atoms with Gasteiger partial charge >= 0.3 is 0 Å². The van der Waals surface area contributed by atoms with E-state index >= 15 is 0 Å². The summed E-state index contributed by atoms with van der Waals surface area (Å²) in [5.74, 6) is 1.27. The molecule has 0 radical (unpaired) electrons. The lowest BCUT2D eigenvalue weighted by Crippen LogP contribution is -1.96. The molecule has 4 nitrogen and oxygen atoms in total. The summed E-state index contributed by atoms with van der Waals surface area (Å²) in [5.41, 5.74) is 7.82. The Bertz CT molecular complexity index is 723. The normalized spacial score (nSPS) is 10.8. The second-order valence-corrected chi connectivity index (χ2v) is 6.17. The highest BCUT2D eigenvalue weighted by Crippen LogP contribution is 2.27. The van der Waals surface area contributed by atoms with E-state index in [1.807, 2.05) is 35.7 Å². The number of aryl methyl sites for hydroxylation is 2. The zero-order valence-electron chi connectivity index (χ0n) is 10.5. The highest BCUT2D eigenvalue weighted by Gasteiger charge is 2.11. The number of para-hydroxylation sites is 1. The van der Waals surface area contributed by atoms with Gasteiger partial charge in [0.1, 0.15) is 0 Å². The van der Waals surface area contributed by atoms with Crippen LogP contribution in [0.15, 0.2) is 44.7 Å². The van der Waals surface area contributed by atoms with E-state index in [1.54, 1.807) is 11.3 Å². The maximum Gasteiger partial charge on any atom is 0.227 e. The van der Waals surface area contributed by atoms with Crippen LogP contribution in [0.5, 0.6) is 0 Å². The van der Waals surface area contributed by atoms with Crippen molar-refractivity contribution in [3.8, 4) is 10.7 Å². The van der Waals surface area contributed by atoms with Crippen molar-refractivity contribution in [2.24, 2.45) is 0 Å². The Labute approximate surface area is 128 Å². The molecule has 102 valence electrons. The largest absolute Gasteiger partial charge is 0.399 e. The van der Waals surface area contributed by atoms with E-state index < -0.39 is 0 Å². The highest BCUT2D eigenvalue weighted by atomic mass is 79.9. The fourth-order valence-electron chi connectivity index (χ4n) is 1.89. The summed E-state index contributed by atoms with van der Waals surface area (Å²) in [6.07, 6.45) is 1.48. The standard InChI is InChI=1S/C14H12BrN3OS/c15-10-7-12(20-8-10)14-17-13(19-18-14)6-5-9-3-1-2-4-11(9)16/h1-4,7-8H,5-6,16H2. The van der Waals surface area contributed by atoms with Crippen LogP contribution in [0.4, 0.5) is 5.69 Å². The molecule has 1 aromatic carbocycles. The molecule has 0 amide bonds. The van der Waals surface area contributed by atoms with Crippen LogP contribution in [-0.4, -0.2) is 10.1 Å². The molecular formula is C14H12BrN3OS. The Morgan fingerprint density at radius 2 is 2.10 bits per heavy atom. The predicted octanol–water partition coefficient (Wildman–Crippen LogP) is 3.93. The summed E-state index contributed by atoms with van der Waals surface area (Å²) in [7, 11) is 0. The van der Waals surface area contributed by atoms with Crippen LogP contribution < -0.4 is 5.73 Å². The van der Waals surface area contributed by atoms with Crippen molar-refractivity contribution in [3.05, 3.63) is 51.6 Å². The van der Waals surface area contributed by atoms with Crippen molar-refractivity contribution in [3.63, 3.8) is 0 Å². The number of nitrogen functional groups attached to an aromatic ring is 1. The molecule has 0 aliphatic rings. The third-order valence-corrected chi connectivity index (χ3v) is 4.61. The molecule has 0 spiro atoms. The molecule has 2 heterocycles. The van der Waals surface area contributed by atoms with Gasteiger partial charge in [-0.1, -0.05) is 23.4 Å². The van der Waals surface area contributed by atoms with Gasteiger partial charge < -0.3 is 10.3 Å². The molecule has 0 fully saturated rings. The molecule has 0 saturated heterocycles. The Kier molecular flexibility index (Phi) is 3.84. The van der Waals surface area contributed by atoms with Gasteiger partial charge in [-0.15, -0.1) is 11.3 Å². The summed E-state index contributed by atoms with van der Waals surface area (Å²) in [6, 6.07) is 9.81.